The number of carboxylic acids is 1. The van der Waals surface area contributed by atoms with E-state index in [0.29, 0.717) is 5.69 Å². The third kappa shape index (κ3) is 5.20. The summed E-state index contributed by atoms with van der Waals surface area (Å²) in [5.41, 5.74) is 0.319. The fraction of sp³-hybridized carbons (Fsp3) is 0.375. The third-order valence-electron chi connectivity index (χ3n) is 3.16. The molecule has 0 unspecified atom stereocenters. The van der Waals surface area contributed by atoms with Crippen LogP contribution in [0.25, 0.3) is 10.9 Å². The van der Waals surface area contributed by atoms with Crippen LogP contribution < -0.4 is 5.32 Å². The molecule has 2 aromatic rings. The Morgan fingerprint density at radius 1 is 1.23 bits per heavy atom. The van der Waals surface area contributed by atoms with E-state index in [1.54, 1.807) is 55.8 Å². The van der Waals surface area contributed by atoms with Crippen LogP contribution in [0.15, 0.2) is 30.5 Å². The number of fused-ring (bicyclic) bond motifs is 1. The van der Waals surface area contributed by atoms with Gasteiger partial charge in [-0.25, -0.2) is 8.98 Å². The number of nitrogens with zero attached hydrogens (tertiary/aromatic N) is 1. The molecule has 0 spiro atoms. The normalized spacial score (nSPS) is 12.1. The van der Waals surface area contributed by atoms with E-state index in [1.807, 2.05) is 0 Å². The second kappa shape index (κ2) is 7.34. The minimum Gasteiger partial charge on any atom is -0.480 e. The molecule has 0 bridgehead atoms. The predicted octanol–water partition coefficient (Wildman–Crippen LogP) is 2.38. The van der Waals surface area contributed by atoms with Crippen molar-refractivity contribution in [2.24, 2.45) is 0 Å². The molecule has 142 valence electrons. The standard InChI is InChI=1S/C16H20N2O7S/c1-16(2,3)25-15(21)26(22,23)24-10-17-12-4-5-13-11(8-12)6-7-18(13)9-14(19)20/h4-8,17H,9-10H2,1-3H3,(H,19,20). The maximum absolute atomic E-state index is 11.7. The fourth-order valence-corrected chi connectivity index (χ4v) is 2.80. The summed E-state index contributed by atoms with van der Waals surface area (Å²) in [6, 6.07) is 6.78. The molecule has 0 atom stereocenters. The second-order valence-electron chi connectivity index (χ2n) is 6.47. The van der Waals surface area contributed by atoms with Crippen molar-refractivity contribution < 1.29 is 32.0 Å². The van der Waals surface area contributed by atoms with Crippen LogP contribution in [-0.2, 0) is 30.4 Å². The molecule has 1 heterocycles. The highest BCUT2D eigenvalue weighted by Crippen LogP contribution is 2.21. The molecular formula is C16H20N2O7S. The molecule has 0 saturated carbocycles. The number of aromatic nitrogens is 1. The van der Waals surface area contributed by atoms with Crippen molar-refractivity contribution in [3.63, 3.8) is 0 Å². The van der Waals surface area contributed by atoms with Crippen LogP contribution in [0.2, 0.25) is 0 Å². The molecule has 2 N–H and O–H groups in total. The van der Waals surface area contributed by atoms with Crippen LogP contribution in [0.1, 0.15) is 20.8 Å². The smallest absolute Gasteiger partial charge is 0.452 e. The summed E-state index contributed by atoms with van der Waals surface area (Å²) in [6.07, 6.45) is 1.64. The van der Waals surface area contributed by atoms with E-state index in [1.165, 1.54) is 0 Å². The van der Waals surface area contributed by atoms with Gasteiger partial charge in [0.25, 0.3) is 0 Å². The minimum atomic E-state index is -4.51. The Hall–Kier alpha value is -2.59. The molecule has 0 aliphatic rings. The molecule has 10 heteroatoms. The van der Waals surface area contributed by atoms with Gasteiger partial charge in [0, 0.05) is 22.8 Å². The SMILES string of the molecule is CC(C)(C)OC(=O)S(=O)(=O)OCNc1ccc2c(ccn2CC(=O)O)c1. The Balaban J connectivity index is 1.99. The van der Waals surface area contributed by atoms with Gasteiger partial charge < -0.3 is 19.7 Å². The molecule has 9 nitrogen and oxygen atoms in total. The van der Waals surface area contributed by atoms with Gasteiger partial charge in [0.15, 0.2) is 0 Å². The van der Waals surface area contributed by atoms with Crippen LogP contribution in [-0.4, -0.2) is 41.7 Å². The highest BCUT2D eigenvalue weighted by molar-refractivity contribution is 8.01. The monoisotopic (exact) mass is 384 g/mol. The molecule has 0 amide bonds. The summed E-state index contributed by atoms with van der Waals surface area (Å²) in [7, 11) is -4.51. The molecule has 1 aromatic heterocycles. The first-order valence-corrected chi connectivity index (χ1v) is 9.06. The van der Waals surface area contributed by atoms with E-state index in [0.717, 1.165) is 10.9 Å². The van der Waals surface area contributed by atoms with E-state index in [2.05, 4.69) is 9.50 Å². The van der Waals surface area contributed by atoms with Crippen molar-refractivity contribution in [1.82, 2.24) is 4.57 Å². The summed E-state index contributed by atoms with van der Waals surface area (Å²) < 4.78 is 34.4. The Kier molecular flexibility index (Phi) is 5.57. The van der Waals surface area contributed by atoms with E-state index in [9.17, 15) is 18.0 Å². The molecular weight excluding hydrogens is 364 g/mol. The lowest BCUT2D eigenvalue weighted by Crippen LogP contribution is -2.30. The van der Waals surface area contributed by atoms with E-state index < -0.39 is 33.7 Å². The van der Waals surface area contributed by atoms with Crippen molar-refractivity contribution in [3.8, 4) is 0 Å². The number of rotatable bonds is 6. The molecule has 0 aliphatic heterocycles. The van der Waals surface area contributed by atoms with Gasteiger partial charge in [-0.15, -0.1) is 0 Å². The van der Waals surface area contributed by atoms with Gasteiger partial charge in [-0.2, -0.15) is 8.42 Å². The Morgan fingerprint density at radius 3 is 2.54 bits per heavy atom. The van der Waals surface area contributed by atoms with Crippen molar-refractivity contribution in [1.29, 1.82) is 0 Å². The fourth-order valence-electron chi connectivity index (χ4n) is 2.13. The lowest BCUT2D eigenvalue weighted by atomic mass is 10.2. The van der Waals surface area contributed by atoms with Crippen molar-refractivity contribution in [2.75, 3.05) is 12.0 Å². The van der Waals surface area contributed by atoms with E-state index >= 15 is 0 Å². The summed E-state index contributed by atoms with van der Waals surface area (Å²) in [6.45, 7) is 4.02. The number of carbonyl (C=O) groups is 2. The van der Waals surface area contributed by atoms with E-state index in [4.69, 9.17) is 9.84 Å². The zero-order valence-corrected chi connectivity index (χ0v) is 15.4. The summed E-state index contributed by atoms with van der Waals surface area (Å²) in [5, 5.41) is 10.9. The maximum Gasteiger partial charge on any atom is 0.452 e. The average molecular weight is 384 g/mol. The molecule has 0 saturated heterocycles. The van der Waals surface area contributed by atoms with Gasteiger partial charge in [0.2, 0.25) is 0 Å². The largest absolute Gasteiger partial charge is 0.480 e. The van der Waals surface area contributed by atoms with Crippen LogP contribution >= 0.6 is 0 Å². The van der Waals surface area contributed by atoms with Crippen LogP contribution in [0.5, 0.6) is 0 Å². The maximum atomic E-state index is 11.7. The van der Waals surface area contributed by atoms with Crippen LogP contribution in [0.3, 0.4) is 0 Å². The summed E-state index contributed by atoms with van der Waals surface area (Å²) >= 11 is 0. The number of carbonyl (C=O) groups excluding carboxylic acids is 1. The zero-order valence-electron chi connectivity index (χ0n) is 14.6. The van der Waals surface area contributed by atoms with Crippen molar-refractivity contribution in [2.45, 2.75) is 32.9 Å². The molecule has 0 radical (unpaired) electrons. The van der Waals surface area contributed by atoms with Crippen LogP contribution in [0.4, 0.5) is 10.5 Å². The number of aliphatic carboxylic acids is 1. The minimum absolute atomic E-state index is 0.159. The van der Waals surface area contributed by atoms with Crippen molar-refractivity contribution >= 4 is 38.0 Å². The molecule has 26 heavy (non-hydrogen) atoms. The highest BCUT2D eigenvalue weighted by Gasteiger charge is 2.29. The number of hydrogen-bond acceptors (Lipinski definition) is 7. The van der Waals surface area contributed by atoms with E-state index in [-0.39, 0.29) is 6.54 Å². The zero-order chi connectivity index (χ0) is 19.5. The second-order valence-corrected chi connectivity index (χ2v) is 7.95. The van der Waals surface area contributed by atoms with Gasteiger partial charge in [0.05, 0.1) is 0 Å². The molecule has 0 fully saturated rings. The molecule has 2 rings (SSSR count). The number of benzene rings is 1. The lowest BCUT2D eigenvalue weighted by molar-refractivity contribution is -0.137. The van der Waals surface area contributed by atoms with Gasteiger partial charge in [-0.3, -0.25) is 4.79 Å². The first kappa shape index (κ1) is 19.7. The quantitative estimate of drug-likeness (QED) is 0.442. The predicted molar refractivity (Wildman–Crippen MR) is 94.3 cm³/mol. The Labute approximate surface area is 150 Å². The topological polar surface area (TPSA) is 124 Å². The molecule has 1 aromatic carbocycles. The van der Waals surface area contributed by atoms with Gasteiger partial charge in [-0.1, -0.05) is 0 Å². The third-order valence-corrected chi connectivity index (χ3v) is 4.08. The first-order valence-electron chi connectivity index (χ1n) is 7.65. The van der Waals surface area contributed by atoms with Gasteiger partial charge in [0.1, 0.15) is 18.9 Å². The number of ether oxygens (including phenoxy) is 1. The summed E-state index contributed by atoms with van der Waals surface area (Å²) in [4.78, 5) is 22.4. The number of anilines is 1. The average Bonchev–Trinajstić information content (AvgIpc) is 2.87. The van der Waals surface area contributed by atoms with Crippen molar-refractivity contribution in [3.05, 3.63) is 30.5 Å². The van der Waals surface area contributed by atoms with Gasteiger partial charge in [-0.05, 0) is 45.0 Å². The number of hydrogen-bond donors (Lipinski definition) is 2. The van der Waals surface area contributed by atoms with Crippen LogP contribution in [0, 0.1) is 0 Å². The Bertz CT molecular complexity index is 926. The van der Waals surface area contributed by atoms with Gasteiger partial charge >= 0.3 is 21.4 Å². The highest BCUT2D eigenvalue weighted by atomic mass is 32.2. The summed E-state index contributed by atoms with van der Waals surface area (Å²) in [5.74, 6) is -0.953. The number of nitrogens with one attached hydrogen (secondary N) is 1. The lowest BCUT2D eigenvalue weighted by Gasteiger charge is -2.18. The number of carboxylic acid groups (broad SMARTS) is 1. The molecule has 0 aliphatic carbocycles. The Morgan fingerprint density at radius 2 is 1.92 bits per heavy atom. The first-order chi connectivity index (χ1) is 12.0.